The van der Waals surface area contributed by atoms with Gasteiger partial charge in [-0.1, -0.05) is 25.7 Å². The van der Waals surface area contributed by atoms with E-state index in [-0.39, 0.29) is 42.6 Å². The third-order valence-corrected chi connectivity index (χ3v) is 10.6. The minimum Gasteiger partial charge on any atom is -0.756 e. The molecule has 0 spiro atoms. The lowest BCUT2D eigenvalue weighted by molar-refractivity contribution is -0.386. The molecule has 0 amide bonds. The van der Waals surface area contributed by atoms with Crippen LogP contribution in [-0.4, -0.2) is 54.8 Å². The fourth-order valence-electron chi connectivity index (χ4n) is 5.00. The summed E-state index contributed by atoms with van der Waals surface area (Å²) in [4.78, 5) is 62.3. The molecule has 268 valence electrons. The van der Waals surface area contributed by atoms with E-state index in [1.807, 2.05) is 13.8 Å². The van der Waals surface area contributed by atoms with Crippen molar-refractivity contribution in [1.29, 1.82) is 0 Å². The zero-order chi connectivity index (χ0) is 36.3. The van der Waals surface area contributed by atoms with Gasteiger partial charge in [-0.15, -0.1) is 0 Å². The number of nitrogens with two attached hydrogens (primary N) is 2. The molecule has 1 saturated heterocycles. The molecule has 0 bridgehead atoms. The molecule has 3 heterocycles. The topological polar surface area (TPSA) is 333 Å². The van der Waals surface area contributed by atoms with E-state index in [1.54, 1.807) is 12.1 Å². The first-order valence-electron chi connectivity index (χ1n) is 14.1. The third-order valence-electron chi connectivity index (χ3n) is 6.92. The molecular formula is C25H30N6O15P3-3. The maximum atomic E-state index is 12.0. The summed E-state index contributed by atoms with van der Waals surface area (Å²) in [7, 11) is -17.9. The van der Waals surface area contributed by atoms with Gasteiger partial charge in [0.05, 0.1) is 47.8 Å². The van der Waals surface area contributed by atoms with Crippen molar-refractivity contribution in [2.75, 3.05) is 18.9 Å². The SMILES string of the molecule is CC(C)[C@@H](OCc1cn([C@H]2CC(O)[C@@H](COP(=O)([O-])OP(=O)([O-])OP(=O)([O-])O)O2)c2ncnc(N)c12)c1ccc(C#CCN)cc1[N+](=O)[O-]. The summed E-state index contributed by atoms with van der Waals surface area (Å²) in [6.07, 6.45) is -1.99. The van der Waals surface area contributed by atoms with E-state index in [4.69, 9.17) is 25.8 Å². The Morgan fingerprint density at radius 1 is 1.18 bits per heavy atom. The highest BCUT2D eigenvalue weighted by Gasteiger charge is 2.38. The second-order valence-corrected chi connectivity index (χ2v) is 15.1. The molecule has 0 radical (unpaired) electrons. The molecule has 21 nitrogen and oxygen atoms in total. The fraction of sp³-hybridized carbons (Fsp3) is 0.440. The Morgan fingerprint density at radius 2 is 1.90 bits per heavy atom. The van der Waals surface area contributed by atoms with Gasteiger partial charge < -0.3 is 54.7 Å². The first-order valence-corrected chi connectivity index (χ1v) is 18.5. The van der Waals surface area contributed by atoms with E-state index in [1.165, 1.54) is 23.2 Å². The number of rotatable bonds is 14. The van der Waals surface area contributed by atoms with Gasteiger partial charge in [0.25, 0.3) is 29.2 Å². The van der Waals surface area contributed by atoms with Crippen LogP contribution < -0.4 is 26.1 Å². The van der Waals surface area contributed by atoms with Crippen LogP contribution in [0.4, 0.5) is 11.5 Å². The minimum absolute atomic E-state index is 0.0508. The smallest absolute Gasteiger partial charge is 0.280 e. The number of nitrogens with zero attached hydrogens (tertiary/aromatic N) is 4. The Bertz CT molecular complexity index is 1910. The van der Waals surface area contributed by atoms with Crippen LogP contribution in [0.2, 0.25) is 0 Å². The summed E-state index contributed by atoms with van der Waals surface area (Å²) in [5.74, 6) is 5.22. The predicted octanol–water partition coefficient (Wildman–Crippen LogP) is 0.242. The summed E-state index contributed by atoms with van der Waals surface area (Å²) in [5, 5.41) is 22.9. The molecular weight excluding hydrogens is 717 g/mol. The Labute approximate surface area is 277 Å². The molecule has 1 aliphatic rings. The molecule has 6 N–H and O–H groups in total. The predicted molar refractivity (Wildman–Crippen MR) is 161 cm³/mol. The number of benzene rings is 1. The number of ether oxygens (including phenoxy) is 2. The zero-order valence-corrected chi connectivity index (χ0v) is 28.3. The molecule has 3 aromatic rings. The van der Waals surface area contributed by atoms with Crippen LogP contribution in [0.3, 0.4) is 0 Å². The number of aliphatic hydroxyl groups is 1. The maximum absolute atomic E-state index is 12.0. The van der Waals surface area contributed by atoms with Crippen LogP contribution in [0.25, 0.3) is 11.0 Å². The van der Waals surface area contributed by atoms with E-state index >= 15 is 0 Å². The summed E-state index contributed by atoms with van der Waals surface area (Å²) < 4.78 is 58.8. The van der Waals surface area contributed by atoms with Crippen molar-refractivity contribution in [3.63, 3.8) is 0 Å². The van der Waals surface area contributed by atoms with Crippen LogP contribution in [-0.2, 0) is 42.9 Å². The first kappa shape index (κ1) is 38.6. The van der Waals surface area contributed by atoms with Gasteiger partial charge in [0.15, 0.2) is 0 Å². The van der Waals surface area contributed by atoms with Crippen LogP contribution >= 0.6 is 23.5 Å². The van der Waals surface area contributed by atoms with Crippen molar-refractivity contribution >= 4 is 46.0 Å². The largest absolute Gasteiger partial charge is 0.756 e. The Hall–Kier alpha value is -3.15. The van der Waals surface area contributed by atoms with E-state index < -0.39 is 59.5 Å². The number of fused-ring (bicyclic) bond motifs is 1. The summed E-state index contributed by atoms with van der Waals surface area (Å²) in [5.41, 5.74) is 12.8. The van der Waals surface area contributed by atoms with Crippen molar-refractivity contribution in [2.24, 2.45) is 11.7 Å². The second-order valence-electron chi connectivity index (χ2n) is 10.8. The average Bonchev–Trinajstić information content (AvgIpc) is 3.54. The molecule has 1 aromatic carbocycles. The number of nitro benzene ring substituents is 1. The van der Waals surface area contributed by atoms with Crippen LogP contribution in [0.15, 0.2) is 30.7 Å². The van der Waals surface area contributed by atoms with Gasteiger partial charge >= 0.3 is 0 Å². The normalized spacial score (nSPS) is 22.2. The van der Waals surface area contributed by atoms with Gasteiger partial charge in [0.2, 0.25) is 0 Å². The van der Waals surface area contributed by atoms with Gasteiger partial charge in [-0.3, -0.25) is 23.8 Å². The van der Waals surface area contributed by atoms with Crippen LogP contribution in [0.1, 0.15) is 49.3 Å². The molecule has 24 heteroatoms. The lowest BCUT2D eigenvalue weighted by Gasteiger charge is -2.33. The molecule has 4 unspecified atom stereocenters. The minimum atomic E-state index is -6.12. The van der Waals surface area contributed by atoms with Gasteiger partial charge in [0.1, 0.15) is 30.1 Å². The summed E-state index contributed by atoms with van der Waals surface area (Å²) in [6, 6.07) is 4.51. The molecule has 4 rings (SSSR count). The highest BCUT2D eigenvalue weighted by atomic mass is 31.3. The number of phosphoric ester groups is 1. The fourth-order valence-corrected chi connectivity index (χ4v) is 7.89. The molecule has 49 heavy (non-hydrogen) atoms. The monoisotopic (exact) mass is 747 g/mol. The van der Waals surface area contributed by atoms with E-state index in [2.05, 4.69) is 35.0 Å². The van der Waals surface area contributed by atoms with Gasteiger partial charge in [-0.25, -0.2) is 18.6 Å². The van der Waals surface area contributed by atoms with Gasteiger partial charge in [-0.05, 0) is 18.1 Å². The Morgan fingerprint density at radius 3 is 2.53 bits per heavy atom. The number of aliphatic hydroxyl groups excluding tert-OH is 1. The maximum Gasteiger partial charge on any atom is 0.280 e. The number of hydrogen-bond donors (Lipinski definition) is 4. The Balaban J connectivity index is 1.54. The van der Waals surface area contributed by atoms with Gasteiger partial charge in [0, 0.05) is 29.8 Å². The van der Waals surface area contributed by atoms with E-state index in [0.29, 0.717) is 22.1 Å². The highest BCUT2D eigenvalue weighted by molar-refractivity contribution is 7.65. The summed E-state index contributed by atoms with van der Waals surface area (Å²) in [6.45, 7) is 2.59. The molecule has 2 aromatic heterocycles. The van der Waals surface area contributed by atoms with Crippen molar-refractivity contribution in [2.45, 2.75) is 51.4 Å². The summed E-state index contributed by atoms with van der Waals surface area (Å²) >= 11 is 0. The lowest BCUT2D eigenvalue weighted by Crippen LogP contribution is -2.27. The standard InChI is InChI=1S/C25H33N6O15P3/c1-14(2)23(17-6-5-15(4-3-7-26)8-18(17)31(33)34)42-11-16-10-30(25-22(16)24(27)28-13-29-25)21-9-19(32)20(44-21)12-43-48(38,39)46-49(40,41)45-47(35,36)37/h5-6,8,10,13-14,19-21,23,32H,7,9,11-12,26H2,1-2H3,(H,38,39)(H,40,41)(H2,27,28,29)(H2,35,36,37)/p-3/t19?,20-,21-,23-/m1/s1. The molecule has 0 saturated carbocycles. The molecule has 1 fully saturated rings. The quantitative estimate of drug-likeness (QED) is 0.0742. The van der Waals surface area contributed by atoms with Crippen molar-refractivity contribution in [3.05, 3.63) is 57.5 Å². The van der Waals surface area contributed by atoms with E-state index in [0.717, 1.165) is 0 Å². The lowest BCUT2D eigenvalue weighted by atomic mass is 9.96. The number of phosphoric acid groups is 3. The number of aromatic nitrogens is 3. The second kappa shape index (κ2) is 15.4. The van der Waals surface area contributed by atoms with Crippen molar-refractivity contribution in [3.8, 4) is 11.8 Å². The molecule has 0 aliphatic carbocycles. The first-order chi connectivity index (χ1) is 22.8. The zero-order valence-electron chi connectivity index (χ0n) is 25.6. The molecule has 7 atom stereocenters. The number of anilines is 1. The number of nitro groups is 1. The van der Waals surface area contributed by atoms with Gasteiger partial charge in [-0.2, -0.15) is 0 Å². The number of nitrogen functional groups attached to an aromatic ring is 1. The van der Waals surface area contributed by atoms with Crippen LogP contribution in [0, 0.1) is 27.9 Å². The Kier molecular flexibility index (Phi) is 12.1. The van der Waals surface area contributed by atoms with Crippen molar-refractivity contribution < 1.29 is 65.9 Å². The number of hydrogen-bond acceptors (Lipinski definition) is 18. The van der Waals surface area contributed by atoms with Crippen LogP contribution in [0.5, 0.6) is 0 Å². The average molecular weight is 747 g/mol. The molecule has 1 aliphatic heterocycles. The van der Waals surface area contributed by atoms with Crippen molar-refractivity contribution in [1.82, 2.24) is 14.5 Å². The highest BCUT2D eigenvalue weighted by Crippen LogP contribution is 2.61. The third kappa shape index (κ3) is 9.98. The van der Waals surface area contributed by atoms with E-state index in [9.17, 15) is 43.6 Å².